The van der Waals surface area contributed by atoms with Gasteiger partial charge in [0.15, 0.2) is 0 Å². The first-order chi connectivity index (χ1) is 10.6. The third kappa shape index (κ3) is 6.58. The van der Waals surface area contributed by atoms with E-state index in [1.165, 1.54) is 38.5 Å². The molecule has 0 aromatic carbocycles. The standard InChI is InChI=1S/C13H28N5O2PS/c19-13(20)11-14-12-21(22,15-17-7-3-1-4-8-17)16-18-9-5-2-6-10-18/h14H,1-12H2,(H,19,20)(H2,15,16,22). The molecule has 2 heterocycles. The Labute approximate surface area is 137 Å². The molecular weight excluding hydrogens is 321 g/mol. The molecule has 0 aromatic rings. The predicted molar refractivity (Wildman–Crippen MR) is 91.9 cm³/mol. The number of nitrogens with zero attached hydrogens (tertiary/aromatic N) is 2. The van der Waals surface area contributed by atoms with Crippen LogP contribution in [0, 0.1) is 0 Å². The van der Waals surface area contributed by atoms with Crippen LogP contribution in [-0.2, 0) is 16.6 Å². The number of hydrogen-bond donors (Lipinski definition) is 4. The molecule has 0 unspecified atom stereocenters. The normalized spacial score (nSPS) is 21.8. The van der Waals surface area contributed by atoms with E-state index in [0.29, 0.717) is 6.29 Å². The Morgan fingerprint density at radius 1 is 0.955 bits per heavy atom. The minimum absolute atomic E-state index is 0.0538. The monoisotopic (exact) mass is 349 g/mol. The van der Waals surface area contributed by atoms with Gasteiger partial charge in [-0.3, -0.25) is 10.1 Å². The van der Waals surface area contributed by atoms with Crippen molar-refractivity contribution in [2.24, 2.45) is 0 Å². The van der Waals surface area contributed by atoms with E-state index in [0.717, 1.165) is 26.2 Å². The average Bonchev–Trinajstić information content (AvgIpc) is 2.48. The first kappa shape index (κ1) is 18.3. The van der Waals surface area contributed by atoms with Crippen LogP contribution < -0.4 is 15.7 Å². The molecule has 9 heteroatoms. The lowest BCUT2D eigenvalue weighted by Crippen LogP contribution is -2.49. The third-order valence-electron chi connectivity index (χ3n) is 3.93. The lowest BCUT2D eigenvalue weighted by Gasteiger charge is -2.38. The summed E-state index contributed by atoms with van der Waals surface area (Å²) in [6.07, 6.45) is 5.69. The number of carbonyl (C=O) groups is 1. The summed E-state index contributed by atoms with van der Waals surface area (Å²) < 4.78 is 0. The van der Waals surface area contributed by atoms with Gasteiger partial charge in [-0.1, -0.05) is 24.6 Å². The summed E-state index contributed by atoms with van der Waals surface area (Å²) in [5.74, 6) is -0.850. The second kappa shape index (κ2) is 9.27. The van der Waals surface area contributed by atoms with E-state index in [2.05, 4.69) is 25.7 Å². The Morgan fingerprint density at radius 2 is 1.41 bits per heavy atom. The minimum atomic E-state index is -2.10. The maximum atomic E-state index is 10.7. The molecule has 0 spiro atoms. The SMILES string of the molecule is O=C(O)CNCP(=S)(NN1CCCCC1)NN1CCCCC1. The van der Waals surface area contributed by atoms with E-state index in [4.69, 9.17) is 16.9 Å². The summed E-state index contributed by atoms with van der Waals surface area (Å²) in [5.41, 5.74) is 0. The number of carboxylic acid groups (broad SMARTS) is 1. The summed E-state index contributed by atoms with van der Waals surface area (Å²) in [6, 6.07) is 0. The van der Waals surface area contributed by atoms with Crippen LogP contribution >= 0.6 is 6.34 Å². The van der Waals surface area contributed by atoms with Crippen molar-refractivity contribution in [3.8, 4) is 0 Å². The van der Waals surface area contributed by atoms with Gasteiger partial charge in [-0.15, -0.1) is 0 Å². The predicted octanol–water partition coefficient (Wildman–Crippen LogP) is 0.909. The molecule has 0 radical (unpaired) electrons. The zero-order valence-electron chi connectivity index (χ0n) is 13.1. The highest BCUT2D eigenvalue weighted by Crippen LogP contribution is 2.37. The first-order valence-corrected chi connectivity index (χ1v) is 11.1. The van der Waals surface area contributed by atoms with Gasteiger partial charge in [-0.2, -0.15) is 0 Å². The molecule has 0 amide bonds. The van der Waals surface area contributed by atoms with Crippen molar-refractivity contribution in [1.29, 1.82) is 0 Å². The zero-order valence-corrected chi connectivity index (χ0v) is 14.8. The fourth-order valence-electron chi connectivity index (χ4n) is 2.86. The van der Waals surface area contributed by atoms with Gasteiger partial charge in [0.2, 0.25) is 0 Å². The number of piperidine rings is 2. The molecule has 7 nitrogen and oxygen atoms in total. The maximum Gasteiger partial charge on any atom is 0.317 e. The Kier molecular flexibility index (Phi) is 7.70. The highest BCUT2D eigenvalue weighted by atomic mass is 32.4. The summed E-state index contributed by atoms with van der Waals surface area (Å²) in [6.45, 7) is 4.00. The van der Waals surface area contributed by atoms with Crippen molar-refractivity contribution in [3.63, 3.8) is 0 Å². The van der Waals surface area contributed by atoms with E-state index >= 15 is 0 Å². The number of nitrogens with one attached hydrogen (secondary N) is 3. The molecule has 0 bridgehead atoms. The van der Waals surface area contributed by atoms with Crippen LogP contribution in [0.25, 0.3) is 0 Å². The largest absolute Gasteiger partial charge is 0.480 e. The number of hydrazine groups is 2. The van der Waals surface area contributed by atoms with Crippen LogP contribution in [0.2, 0.25) is 0 Å². The first-order valence-electron chi connectivity index (χ1n) is 8.15. The van der Waals surface area contributed by atoms with Crippen LogP contribution in [0.3, 0.4) is 0 Å². The van der Waals surface area contributed by atoms with Crippen molar-refractivity contribution >= 4 is 24.1 Å². The lowest BCUT2D eigenvalue weighted by molar-refractivity contribution is -0.135. The second-order valence-corrected chi connectivity index (χ2v) is 10.1. The van der Waals surface area contributed by atoms with Crippen molar-refractivity contribution in [2.45, 2.75) is 38.5 Å². The van der Waals surface area contributed by atoms with Crippen LogP contribution in [0.15, 0.2) is 0 Å². The van der Waals surface area contributed by atoms with Crippen LogP contribution in [0.1, 0.15) is 38.5 Å². The van der Waals surface area contributed by atoms with Crippen molar-refractivity contribution in [2.75, 3.05) is 39.0 Å². The van der Waals surface area contributed by atoms with Crippen LogP contribution in [0.4, 0.5) is 0 Å². The summed E-state index contributed by atoms with van der Waals surface area (Å²) in [4.78, 5) is 10.7. The summed E-state index contributed by atoms with van der Waals surface area (Å²) in [7, 11) is 0. The fraction of sp³-hybridized carbons (Fsp3) is 0.923. The Hall–Kier alpha value is -0.0800. The van der Waals surface area contributed by atoms with E-state index in [1.807, 2.05) is 0 Å². The van der Waals surface area contributed by atoms with Gasteiger partial charge >= 0.3 is 5.97 Å². The van der Waals surface area contributed by atoms with Gasteiger partial charge < -0.3 is 5.11 Å². The molecular formula is C13H28N5O2PS. The number of aliphatic carboxylic acids is 1. The van der Waals surface area contributed by atoms with Gasteiger partial charge in [-0.25, -0.2) is 20.4 Å². The lowest BCUT2D eigenvalue weighted by atomic mass is 10.2. The number of rotatable bonds is 8. The molecule has 0 aromatic heterocycles. The zero-order chi connectivity index (χ0) is 15.8. The van der Waals surface area contributed by atoms with Crippen LogP contribution in [-0.4, -0.2) is 60.1 Å². The quantitative estimate of drug-likeness (QED) is 0.482. The number of carboxylic acids is 1. The van der Waals surface area contributed by atoms with E-state index in [-0.39, 0.29) is 6.54 Å². The molecule has 0 aliphatic carbocycles. The number of hydrogen-bond acceptors (Lipinski definition) is 5. The van der Waals surface area contributed by atoms with Gasteiger partial charge in [0.1, 0.15) is 6.34 Å². The smallest absolute Gasteiger partial charge is 0.317 e. The third-order valence-corrected chi connectivity index (χ3v) is 6.69. The molecule has 128 valence electrons. The maximum absolute atomic E-state index is 10.7. The fourth-order valence-corrected chi connectivity index (χ4v) is 5.75. The van der Waals surface area contributed by atoms with Gasteiger partial charge in [0.25, 0.3) is 0 Å². The molecule has 2 aliphatic heterocycles. The second-order valence-electron chi connectivity index (χ2n) is 6.01. The molecule has 4 N–H and O–H groups in total. The molecule has 0 saturated carbocycles. The van der Waals surface area contributed by atoms with Gasteiger partial charge in [0.05, 0.1) is 12.8 Å². The molecule has 2 saturated heterocycles. The Balaban J connectivity index is 1.91. The highest BCUT2D eigenvalue weighted by Gasteiger charge is 2.24. The molecule has 22 heavy (non-hydrogen) atoms. The van der Waals surface area contributed by atoms with E-state index in [9.17, 15) is 4.79 Å². The van der Waals surface area contributed by atoms with E-state index in [1.54, 1.807) is 0 Å². The Bertz CT molecular complexity index is 376. The van der Waals surface area contributed by atoms with Crippen molar-refractivity contribution in [3.05, 3.63) is 0 Å². The summed E-state index contributed by atoms with van der Waals surface area (Å²) in [5, 5.41) is 23.2. The van der Waals surface area contributed by atoms with Crippen LogP contribution in [0.5, 0.6) is 0 Å². The van der Waals surface area contributed by atoms with Gasteiger partial charge in [0, 0.05) is 26.2 Å². The summed E-state index contributed by atoms with van der Waals surface area (Å²) >= 11 is 5.87. The minimum Gasteiger partial charge on any atom is -0.480 e. The molecule has 2 fully saturated rings. The van der Waals surface area contributed by atoms with Crippen molar-refractivity contribution in [1.82, 2.24) is 25.7 Å². The topological polar surface area (TPSA) is 79.9 Å². The van der Waals surface area contributed by atoms with Gasteiger partial charge in [-0.05, 0) is 25.7 Å². The molecule has 2 aliphatic rings. The van der Waals surface area contributed by atoms with Crippen molar-refractivity contribution < 1.29 is 9.90 Å². The average molecular weight is 349 g/mol. The highest BCUT2D eigenvalue weighted by molar-refractivity contribution is 8.12. The van der Waals surface area contributed by atoms with E-state index < -0.39 is 12.3 Å². The molecule has 0 atom stereocenters. The Morgan fingerprint density at radius 3 is 1.82 bits per heavy atom. The molecule has 2 rings (SSSR count).